The first-order chi connectivity index (χ1) is 16.1. The number of hydrogen-bond donors (Lipinski definition) is 1. The number of hydrogen-bond acceptors (Lipinski definition) is 7. The van der Waals surface area contributed by atoms with Crippen LogP contribution < -0.4 is 14.8 Å². The summed E-state index contributed by atoms with van der Waals surface area (Å²) in [6, 6.07) is 12.8. The van der Waals surface area contributed by atoms with E-state index >= 15 is 0 Å². The lowest BCUT2D eigenvalue weighted by Crippen LogP contribution is -2.32. The molecular weight excluding hydrogens is 422 g/mol. The maximum absolute atomic E-state index is 12.6. The second-order valence-corrected chi connectivity index (χ2v) is 7.27. The van der Waals surface area contributed by atoms with Gasteiger partial charge in [-0.3, -0.25) is 14.6 Å². The Balaban J connectivity index is 1.57. The number of anilines is 1. The van der Waals surface area contributed by atoms with Crippen LogP contribution >= 0.6 is 0 Å². The molecule has 4 rings (SSSR count). The lowest BCUT2D eigenvalue weighted by Gasteiger charge is -2.25. The van der Waals surface area contributed by atoms with E-state index in [0.717, 1.165) is 16.8 Å². The van der Waals surface area contributed by atoms with Gasteiger partial charge in [0.15, 0.2) is 11.5 Å². The first-order valence-corrected chi connectivity index (χ1v) is 10.3. The Bertz CT molecular complexity index is 1200. The molecule has 0 radical (unpaired) electrons. The summed E-state index contributed by atoms with van der Waals surface area (Å²) in [5, 5.41) is 8.88. The van der Waals surface area contributed by atoms with Crippen molar-refractivity contribution in [2.24, 2.45) is 5.10 Å². The zero-order valence-electron chi connectivity index (χ0n) is 18.3. The van der Waals surface area contributed by atoms with Crippen molar-refractivity contribution in [3.63, 3.8) is 0 Å². The highest BCUT2D eigenvalue weighted by atomic mass is 16.5. The lowest BCUT2D eigenvalue weighted by atomic mass is 10.0. The first kappa shape index (κ1) is 21.9. The van der Waals surface area contributed by atoms with Crippen LogP contribution in [0.15, 0.2) is 66.2 Å². The van der Waals surface area contributed by atoms with E-state index in [1.165, 1.54) is 23.6 Å². The molecule has 0 saturated carbocycles. The summed E-state index contributed by atoms with van der Waals surface area (Å²) < 4.78 is 10.7. The number of carbonyl (C=O) groups excluding carboxylic acids is 2. The second kappa shape index (κ2) is 9.90. The van der Waals surface area contributed by atoms with E-state index in [1.807, 2.05) is 36.4 Å². The Morgan fingerprint density at radius 1 is 1.06 bits per heavy atom. The molecule has 0 unspecified atom stereocenters. The molecule has 1 N–H and O–H groups in total. The van der Waals surface area contributed by atoms with Crippen molar-refractivity contribution in [2.75, 3.05) is 19.5 Å². The molecular formula is C24H23N5O4. The van der Waals surface area contributed by atoms with Crippen LogP contribution in [0, 0.1) is 0 Å². The molecule has 9 nitrogen and oxygen atoms in total. The standard InChI is InChI=1S/C24H23N5O4/c1-32-21-9-7-16(13-22(21)33-2)19-8-10-23(30)29(28-19)15-17-5-3-4-6-18(17)27-24(31)20-14-25-11-12-26-20/h3-7,9,11-14H,8,10,15H2,1-2H3,(H,27,31). The van der Waals surface area contributed by atoms with Crippen molar-refractivity contribution in [3.8, 4) is 11.5 Å². The van der Waals surface area contributed by atoms with Gasteiger partial charge in [0.25, 0.3) is 5.91 Å². The van der Waals surface area contributed by atoms with E-state index in [-0.39, 0.29) is 24.1 Å². The Morgan fingerprint density at radius 2 is 1.88 bits per heavy atom. The molecule has 2 heterocycles. The van der Waals surface area contributed by atoms with Crippen molar-refractivity contribution >= 4 is 23.2 Å². The number of amides is 2. The fourth-order valence-electron chi connectivity index (χ4n) is 3.49. The number of nitrogens with one attached hydrogen (secondary N) is 1. The van der Waals surface area contributed by atoms with E-state index in [4.69, 9.17) is 9.47 Å². The summed E-state index contributed by atoms with van der Waals surface area (Å²) in [6.45, 7) is 0.215. The Hall–Kier alpha value is -4.27. The Kier molecular flexibility index (Phi) is 6.58. The minimum absolute atomic E-state index is 0.0886. The smallest absolute Gasteiger partial charge is 0.275 e. The van der Waals surface area contributed by atoms with Crippen LogP contribution in [0.3, 0.4) is 0 Å². The minimum Gasteiger partial charge on any atom is -0.493 e. The SMILES string of the molecule is COc1ccc(C2=NN(Cc3ccccc3NC(=O)c3cnccn3)C(=O)CC2)cc1OC. The third-order valence-corrected chi connectivity index (χ3v) is 5.20. The number of carbonyl (C=O) groups is 2. The molecule has 0 spiro atoms. The van der Waals surface area contributed by atoms with Crippen LogP contribution in [-0.4, -0.2) is 46.7 Å². The molecule has 0 saturated heterocycles. The fraction of sp³-hybridized carbons (Fsp3) is 0.208. The number of ether oxygens (including phenoxy) is 2. The molecule has 0 bridgehead atoms. The van der Waals surface area contributed by atoms with Gasteiger partial charge in [-0.2, -0.15) is 5.10 Å². The molecule has 0 fully saturated rings. The molecule has 1 aliphatic heterocycles. The minimum atomic E-state index is -0.380. The van der Waals surface area contributed by atoms with Crippen molar-refractivity contribution in [2.45, 2.75) is 19.4 Å². The van der Waals surface area contributed by atoms with Gasteiger partial charge in [0.1, 0.15) is 5.69 Å². The zero-order chi connectivity index (χ0) is 23.2. The number of methoxy groups -OCH3 is 2. The summed E-state index contributed by atoms with van der Waals surface area (Å²) >= 11 is 0. The van der Waals surface area contributed by atoms with Crippen LogP contribution in [0.2, 0.25) is 0 Å². The van der Waals surface area contributed by atoms with Gasteiger partial charge in [0, 0.05) is 36.5 Å². The van der Waals surface area contributed by atoms with E-state index < -0.39 is 0 Å². The molecule has 0 aliphatic carbocycles. The topological polar surface area (TPSA) is 106 Å². The average Bonchev–Trinajstić information content (AvgIpc) is 2.86. The molecule has 9 heteroatoms. The number of nitrogens with zero attached hydrogens (tertiary/aromatic N) is 4. The van der Waals surface area contributed by atoms with Gasteiger partial charge in [-0.1, -0.05) is 18.2 Å². The van der Waals surface area contributed by atoms with Crippen LogP contribution in [0.4, 0.5) is 5.69 Å². The summed E-state index contributed by atoms with van der Waals surface area (Å²) in [4.78, 5) is 33.1. The van der Waals surface area contributed by atoms with Gasteiger partial charge in [0.2, 0.25) is 5.91 Å². The monoisotopic (exact) mass is 445 g/mol. The molecule has 1 aromatic heterocycles. The molecule has 3 aromatic rings. The predicted molar refractivity (Wildman–Crippen MR) is 122 cm³/mol. The summed E-state index contributed by atoms with van der Waals surface area (Å²) in [5.74, 6) is 0.751. The van der Waals surface area contributed by atoms with Crippen molar-refractivity contribution in [1.29, 1.82) is 0 Å². The molecule has 33 heavy (non-hydrogen) atoms. The van der Waals surface area contributed by atoms with Gasteiger partial charge >= 0.3 is 0 Å². The van der Waals surface area contributed by atoms with Crippen LogP contribution in [-0.2, 0) is 11.3 Å². The normalized spacial score (nSPS) is 13.3. The van der Waals surface area contributed by atoms with Gasteiger partial charge in [-0.25, -0.2) is 9.99 Å². The first-order valence-electron chi connectivity index (χ1n) is 10.3. The Labute approximate surface area is 191 Å². The van der Waals surface area contributed by atoms with Gasteiger partial charge in [0.05, 0.1) is 32.7 Å². The molecule has 2 amide bonds. The number of benzene rings is 2. The van der Waals surface area contributed by atoms with Gasteiger partial charge < -0.3 is 14.8 Å². The predicted octanol–water partition coefficient (Wildman–Crippen LogP) is 3.27. The summed E-state index contributed by atoms with van der Waals surface area (Å²) in [5.41, 5.74) is 3.16. The van der Waals surface area contributed by atoms with Crippen LogP contribution in [0.1, 0.15) is 34.5 Å². The lowest BCUT2D eigenvalue weighted by molar-refractivity contribution is -0.132. The highest BCUT2D eigenvalue weighted by Gasteiger charge is 2.23. The van der Waals surface area contributed by atoms with Crippen molar-refractivity contribution in [1.82, 2.24) is 15.0 Å². The molecule has 0 atom stereocenters. The quantitative estimate of drug-likeness (QED) is 0.598. The van der Waals surface area contributed by atoms with Gasteiger partial charge in [-0.05, 0) is 29.8 Å². The zero-order valence-corrected chi connectivity index (χ0v) is 18.3. The van der Waals surface area contributed by atoms with Gasteiger partial charge in [-0.15, -0.1) is 0 Å². The maximum Gasteiger partial charge on any atom is 0.275 e. The third-order valence-electron chi connectivity index (χ3n) is 5.20. The molecule has 1 aliphatic rings. The maximum atomic E-state index is 12.6. The highest BCUT2D eigenvalue weighted by molar-refractivity contribution is 6.05. The summed E-state index contributed by atoms with van der Waals surface area (Å²) in [6.07, 6.45) is 5.21. The van der Waals surface area contributed by atoms with E-state index in [0.29, 0.717) is 30.0 Å². The van der Waals surface area contributed by atoms with Crippen LogP contribution in [0.25, 0.3) is 0 Å². The van der Waals surface area contributed by atoms with E-state index in [9.17, 15) is 9.59 Å². The average molecular weight is 445 g/mol. The largest absolute Gasteiger partial charge is 0.493 e. The number of aromatic nitrogens is 2. The second-order valence-electron chi connectivity index (χ2n) is 7.27. The fourth-order valence-corrected chi connectivity index (χ4v) is 3.49. The van der Waals surface area contributed by atoms with Crippen molar-refractivity contribution in [3.05, 3.63) is 77.9 Å². The molecule has 2 aromatic carbocycles. The third kappa shape index (κ3) is 4.98. The Morgan fingerprint density at radius 3 is 2.64 bits per heavy atom. The van der Waals surface area contributed by atoms with E-state index in [2.05, 4.69) is 20.4 Å². The molecule has 168 valence electrons. The summed E-state index contributed by atoms with van der Waals surface area (Å²) in [7, 11) is 3.16. The van der Waals surface area contributed by atoms with E-state index in [1.54, 1.807) is 20.3 Å². The number of rotatable bonds is 7. The highest BCUT2D eigenvalue weighted by Crippen LogP contribution is 2.29. The van der Waals surface area contributed by atoms with Crippen molar-refractivity contribution < 1.29 is 19.1 Å². The number of para-hydroxylation sites is 1. The van der Waals surface area contributed by atoms with Crippen LogP contribution in [0.5, 0.6) is 11.5 Å². The number of hydrazone groups is 1.